The fraction of sp³-hybridized carbons (Fsp3) is 0.772. The fourth-order valence-electron chi connectivity index (χ4n) is 13.4. The molecule has 0 aliphatic carbocycles. The molecule has 47 nitrogen and oxygen atoms in total. The van der Waals surface area contributed by atoms with Gasteiger partial charge in [-0.05, 0) is 300 Å². The number of hydrogen-bond acceptors (Lipinski definition) is 26. The van der Waals surface area contributed by atoms with Crippen molar-refractivity contribution >= 4 is 124 Å². The number of carbonyl (C=O) groups excluding carboxylic acids is 21. The first-order valence-electron chi connectivity index (χ1n) is 48.1. The summed E-state index contributed by atoms with van der Waals surface area (Å²) in [6.07, 6.45) is 5.57. The fourth-order valence-corrected chi connectivity index (χ4v) is 13.4. The Balaban J connectivity index is 6.33. The maximum absolute atomic E-state index is 14.3. The van der Waals surface area contributed by atoms with Crippen LogP contribution in [0.25, 0.3) is 0 Å². The molecule has 0 bridgehead atoms. The molecule has 47 heteroatoms. The molecule has 21 amide bonds. The van der Waals surface area contributed by atoms with Crippen LogP contribution in [0, 0.1) is 0 Å². The molecular formula is C92H170N26O21. The van der Waals surface area contributed by atoms with E-state index in [1.54, 1.807) is 0 Å². The molecule has 139 heavy (non-hydrogen) atoms. The van der Waals surface area contributed by atoms with Gasteiger partial charge in [-0.1, -0.05) is 34.6 Å². The van der Waals surface area contributed by atoms with Crippen LogP contribution in [0.2, 0.25) is 0 Å². The van der Waals surface area contributed by atoms with E-state index in [9.17, 15) is 101 Å². The Morgan fingerprint density at radius 3 is 0.511 bits per heavy atom. The van der Waals surface area contributed by atoms with Crippen molar-refractivity contribution in [1.82, 2.24) is 133 Å². The maximum Gasteiger partial charge on any atom is 0.245 e. The van der Waals surface area contributed by atoms with Crippen LogP contribution in [0.4, 0.5) is 0 Å². The standard InChI is InChI=1S/C92H170N26O21/c1-27-94-47-37-32-42-58(104-78(135)88(17,18)109-57(6)119)68(125)115-84(9,10)74(131)100-53-64(121)111-90(21,22)80(137)106-60(44-34-39-49-96-29-3)70(127)117-86(13,14)76(133)102-55-66(123)113-92(25,26)82(139)108-62(46-36-41-51-98-31-5)72(129)118-87(15,16)77(134)103-56-67(124)112-91(23,24)81(138)107-61(45-35-40-50-97-30-4)71(128)116-85(11,12)75(132)101-54-65(122)110-89(19,20)79(136)105-59(43-33-38-48-95-28-2)69(126)114-83(7,8)73(130)99-52-63(93)120/h58-62,94-98H,27-56H2,1-26H3,(H2,93,120)(H,99,130)(H,100,131)(H,101,132)(H,102,133)(H,103,134)(H,104,135)(H,105,136)(H,106,137)(H,107,138)(H,108,139)(H,109,119)(H,110,122)(H,111,121)(H,112,124)(H,113,123)(H,114,126)(H,115,125)(H,116,128)(H,117,127)(H,118,129). The molecular weight excluding hydrogens is 1810 g/mol. The van der Waals surface area contributed by atoms with Crippen molar-refractivity contribution in [2.24, 2.45) is 5.73 Å². The van der Waals surface area contributed by atoms with Gasteiger partial charge in [0.2, 0.25) is 124 Å². The van der Waals surface area contributed by atoms with Gasteiger partial charge in [0.05, 0.1) is 32.7 Å². The van der Waals surface area contributed by atoms with Crippen LogP contribution in [-0.2, 0) is 101 Å². The summed E-state index contributed by atoms with van der Waals surface area (Å²) in [5.41, 5.74) is -11.7. The van der Waals surface area contributed by atoms with Crippen LogP contribution in [0.5, 0.6) is 0 Å². The van der Waals surface area contributed by atoms with Crippen molar-refractivity contribution in [3.8, 4) is 0 Å². The third kappa shape index (κ3) is 49.9. The van der Waals surface area contributed by atoms with E-state index in [1.807, 2.05) is 34.6 Å². The summed E-state index contributed by atoms with van der Waals surface area (Å²) in [4.78, 5) is 285. The number of nitrogens with two attached hydrogens (primary N) is 1. The highest BCUT2D eigenvalue weighted by atomic mass is 16.2. The Bertz CT molecular complexity index is 4120. The number of hydrogen-bond donors (Lipinski definition) is 26. The SMILES string of the molecule is CCNCCCCC(NC(=O)C(C)(C)NC(C)=O)C(=O)NC(C)(C)C(=O)NCC(=O)NC(C)(C)C(=O)NC(CCCCNCC)C(=O)NC(C)(C)C(=O)NCC(=O)NC(C)(C)C(=O)NC(CCCCNCC)C(=O)NC(C)(C)C(=O)NCC(=O)NC(C)(C)C(=O)NC(CCCCNCC)C(=O)NC(C)(C)C(=O)NCC(=O)NC(C)(C)C(=O)NC(CCCCNCC)C(=O)NC(C)(C)C(=O)NCC(N)=O. The van der Waals surface area contributed by atoms with Gasteiger partial charge in [-0.15, -0.1) is 0 Å². The lowest BCUT2D eigenvalue weighted by Gasteiger charge is -2.32. The van der Waals surface area contributed by atoms with E-state index in [0.29, 0.717) is 123 Å². The van der Waals surface area contributed by atoms with E-state index >= 15 is 0 Å². The topological polar surface area (TPSA) is 685 Å². The van der Waals surface area contributed by atoms with Crippen molar-refractivity contribution in [2.75, 3.05) is 98.2 Å². The number of carbonyl (C=O) groups is 21. The molecule has 0 radical (unpaired) electrons. The first-order chi connectivity index (χ1) is 64.2. The molecule has 0 aliphatic heterocycles. The van der Waals surface area contributed by atoms with Gasteiger partial charge in [0.1, 0.15) is 85.6 Å². The zero-order valence-electron chi connectivity index (χ0n) is 87.3. The molecule has 27 N–H and O–H groups in total. The summed E-state index contributed by atoms with van der Waals surface area (Å²) in [5.74, 6) is -16.7. The molecule has 0 spiro atoms. The summed E-state index contributed by atoms with van der Waals surface area (Å²) < 4.78 is 0. The largest absolute Gasteiger partial charge is 0.368 e. The summed E-state index contributed by atoms with van der Waals surface area (Å²) >= 11 is 0. The van der Waals surface area contributed by atoms with Gasteiger partial charge in [0, 0.05) is 6.92 Å². The summed E-state index contributed by atoms with van der Waals surface area (Å²) in [5, 5.41) is 67.3. The third-order valence-electron chi connectivity index (χ3n) is 22.1. The number of unbranched alkanes of at least 4 members (excludes halogenated alkanes) is 5. The highest BCUT2D eigenvalue weighted by molar-refractivity contribution is 6.04. The molecule has 0 fully saturated rings. The van der Waals surface area contributed by atoms with Gasteiger partial charge in [-0.3, -0.25) is 101 Å². The molecule has 0 rings (SSSR count). The monoisotopic (exact) mass is 1980 g/mol. The average molecular weight is 1980 g/mol. The van der Waals surface area contributed by atoms with Crippen LogP contribution in [-0.4, -0.2) is 308 Å². The van der Waals surface area contributed by atoms with E-state index in [-0.39, 0.29) is 32.1 Å². The summed E-state index contributed by atoms with van der Waals surface area (Å²) in [6, 6.07) is -6.22. The van der Waals surface area contributed by atoms with Crippen molar-refractivity contribution in [2.45, 2.75) is 362 Å². The second-order valence-corrected chi connectivity index (χ2v) is 39.8. The molecule has 0 aromatic rings. The molecule has 0 aromatic heterocycles. The van der Waals surface area contributed by atoms with Gasteiger partial charge < -0.3 is 139 Å². The van der Waals surface area contributed by atoms with Gasteiger partial charge >= 0.3 is 0 Å². The van der Waals surface area contributed by atoms with Crippen LogP contribution in [0.1, 0.15) is 276 Å². The smallest absolute Gasteiger partial charge is 0.245 e. The lowest BCUT2D eigenvalue weighted by molar-refractivity contribution is -0.138. The molecule has 0 saturated carbocycles. The predicted molar refractivity (Wildman–Crippen MR) is 524 cm³/mol. The van der Waals surface area contributed by atoms with Gasteiger partial charge in [0.15, 0.2) is 0 Å². The summed E-state index contributed by atoms with van der Waals surface area (Å²) in [6.45, 7) is 41.2. The van der Waals surface area contributed by atoms with Gasteiger partial charge in [-0.2, -0.15) is 0 Å². The lowest BCUT2D eigenvalue weighted by atomic mass is 9.99. The molecule has 5 atom stereocenters. The minimum Gasteiger partial charge on any atom is -0.368 e. The van der Waals surface area contributed by atoms with Crippen LogP contribution in [0.3, 0.4) is 0 Å². The molecule has 0 heterocycles. The Labute approximate surface area is 819 Å². The minimum absolute atomic E-state index is 0.0346. The predicted octanol–water partition coefficient (Wildman–Crippen LogP) is -4.66. The third-order valence-corrected chi connectivity index (χ3v) is 22.1. The van der Waals surface area contributed by atoms with Crippen molar-refractivity contribution in [3.05, 3.63) is 0 Å². The van der Waals surface area contributed by atoms with Crippen molar-refractivity contribution in [1.29, 1.82) is 0 Å². The maximum atomic E-state index is 14.3. The highest BCUT2D eigenvalue weighted by Crippen LogP contribution is 2.18. The van der Waals surface area contributed by atoms with Gasteiger partial charge in [-0.25, -0.2) is 0 Å². The highest BCUT2D eigenvalue weighted by Gasteiger charge is 2.44. The van der Waals surface area contributed by atoms with Crippen molar-refractivity contribution in [3.63, 3.8) is 0 Å². The van der Waals surface area contributed by atoms with Crippen molar-refractivity contribution < 1.29 is 101 Å². The van der Waals surface area contributed by atoms with E-state index in [1.165, 1.54) is 145 Å². The average Bonchev–Trinajstić information content (AvgIpc) is 0.850. The molecule has 5 unspecified atom stereocenters. The Hall–Kier alpha value is -11.3. The molecule has 0 aromatic carbocycles. The second kappa shape index (κ2) is 60.6. The first-order valence-corrected chi connectivity index (χ1v) is 48.1. The quantitative estimate of drug-likeness (QED) is 0.0255. The molecule has 0 saturated heterocycles. The van der Waals surface area contributed by atoms with E-state index in [2.05, 4.69) is 133 Å². The van der Waals surface area contributed by atoms with Crippen LogP contribution in [0.15, 0.2) is 0 Å². The van der Waals surface area contributed by atoms with Crippen LogP contribution < -0.4 is 139 Å². The minimum atomic E-state index is -1.78. The van der Waals surface area contributed by atoms with E-state index < -0.39 is 242 Å². The van der Waals surface area contributed by atoms with Gasteiger partial charge in [0.25, 0.3) is 0 Å². The number of nitrogens with one attached hydrogen (secondary N) is 25. The second-order valence-electron chi connectivity index (χ2n) is 39.8. The van der Waals surface area contributed by atoms with E-state index in [4.69, 9.17) is 5.73 Å². The number of rotatable bonds is 70. The number of primary amides is 1. The van der Waals surface area contributed by atoms with Crippen LogP contribution >= 0.6 is 0 Å². The Kier molecular flexibility index (Phi) is 55.7. The zero-order valence-corrected chi connectivity index (χ0v) is 87.3. The first kappa shape index (κ1) is 128. The zero-order chi connectivity index (χ0) is 107. The lowest BCUT2D eigenvalue weighted by Crippen LogP contribution is -2.64. The van der Waals surface area contributed by atoms with E-state index in [0.717, 1.165) is 6.54 Å². The normalized spacial score (nSPS) is 13.2. The summed E-state index contributed by atoms with van der Waals surface area (Å²) in [7, 11) is 0. The Morgan fingerprint density at radius 1 is 0.209 bits per heavy atom. The number of amides is 21. The Morgan fingerprint density at radius 2 is 0.360 bits per heavy atom. The molecule has 794 valence electrons. The molecule has 0 aliphatic rings.